The molecular weight excluding hydrogens is 258 g/mol. The molecule has 1 aromatic carbocycles. The molecule has 1 N–H and O–H groups in total. The maximum absolute atomic E-state index is 11.0. The summed E-state index contributed by atoms with van der Waals surface area (Å²) in [5, 5.41) is 6.92. The number of hydrogen-bond acceptors (Lipinski definition) is 3. The number of benzene rings is 1. The number of nitrogens with one attached hydrogen (secondary N) is 1. The Hall–Kier alpha value is -1.81. The third kappa shape index (κ3) is 3.58. The van der Waals surface area contributed by atoms with Crippen LogP contribution in [0.1, 0.15) is 18.4 Å². The number of hydrogen-bond donors (Lipinski definition) is 1. The third-order valence-corrected chi connectivity index (χ3v) is 3.76. The van der Waals surface area contributed by atoms with E-state index < -0.39 is 0 Å². The molecule has 0 bridgehead atoms. The van der Waals surface area contributed by atoms with Crippen molar-refractivity contribution in [2.24, 2.45) is 0 Å². The van der Waals surface area contributed by atoms with E-state index in [0.717, 1.165) is 0 Å². The van der Waals surface area contributed by atoms with Crippen molar-refractivity contribution in [1.29, 1.82) is 0 Å². The van der Waals surface area contributed by atoms with Crippen LogP contribution in [0, 0.1) is 0 Å². The minimum Gasteiger partial charge on any atom is -0.453 e. The molecule has 0 saturated carbocycles. The van der Waals surface area contributed by atoms with Crippen LogP contribution in [-0.2, 0) is 4.74 Å². The molecule has 100 valence electrons. The number of rotatable bonds is 4. The van der Waals surface area contributed by atoms with E-state index in [1.54, 1.807) is 11.3 Å². The van der Waals surface area contributed by atoms with Gasteiger partial charge in [-0.15, -0.1) is 0 Å². The maximum Gasteiger partial charge on any atom is 0.406 e. The van der Waals surface area contributed by atoms with Gasteiger partial charge in [-0.05, 0) is 39.4 Å². The summed E-state index contributed by atoms with van der Waals surface area (Å²) in [5.74, 6) is 0.260. The summed E-state index contributed by atoms with van der Waals surface area (Å²) in [5.41, 5.74) is 3.67. The second-order valence-corrected chi connectivity index (χ2v) is 5.19. The summed E-state index contributed by atoms with van der Waals surface area (Å²) in [4.78, 5) is 11.0. The molecule has 1 aromatic heterocycles. The third-order valence-electron chi connectivity index (χ3n) is 3.07. The van der Waals surface area contributed by atoms with Gasteiger partial charge in [0.2, 0.25) is 0 Å². The van der Waals surface area contributed by atoms with Crippen molar-refractivity contribution in [2.45, 2.75) is 12.8 Å². The largest absolute Gasteiger partial charge is 0.453 e. The lowest BCUT2D eigenvalue weighted by molar-refractivity contribution is 0.170. The highest BCUT2D eigenvalue weighted by molar-refractivity contribution is 7.08. The zero-order valence-electron chi connectivity index (χ0n) is 11.1. The van der Waals surface area contributed by atoms with Crippen molar-refractivity contribution >= 4 is 17.4 Å². The molecule has 3 nitrogen and oxygen atoms in total. The Morgan fingerprint density at radius 2 is 2.00 bits per heavy atom. The first-order valence-corrected chi connectivity index (χ1v) is 7.09. The molecular formula is C15H17NO2S. The topological polar surface area (TPSA) is 38.3 Å². The second-order valence-electron chi connectivity index (χ2n) is 4.41. The predicted octanol–water partition coefficient (Wildman–Crippen LogP) is 3.87. The summed E-state index contributed by atoms with van der Waals surface area (Å²) in [6.45, 7) is 2.65. The fraction of sp³-hybridized carbons (Fsp3) is 0.267. The number of methoxy groups -OCH3 is 1. The summed E-state index contributed by atoms with van der Waals surface area (Å²) < 4.78 is 4.56. The lowest BCUT2D eigenvalue weighted by Crippen LogP contribution is -2.27. The van der Waals surface area contributed by atoms with E-state index in [0.29, 0.717) is 6.54 Å². The molecule has 1 atom stereocenters. The molecule has 0 aliphatic heterocycles. The zero-order valence-corrected chi connectivity index (χ0v) is 11.9. The molecule has 0 aliphatic rings. The molecule has 0 fully saturated rings. The second kappa shape index (κ2) is 6.38. The average Bonchev–Trinajstić information content (AvgIpc) is 2.98. The van der Waals surface area contributed by atoms with E-state index in [4.69, 9.17) is 0 Å². The lowest BCUT2D eigenvalue weighted by atomic mass is 9.98. The van der Waals surface area contributed by atoms with Gasteiger partial charge in [0.25, 0.3) is 0 Å². The van der Waals surface area contributed by atoms with E-state index >= 15 is 0 Å². The van der Waals surface area contributed by atoms with Crippen LogP contribution in [-0.4, -0.2) is 19.7 Å². The van der Waals surface area contributed by atoms with Crippen LogP contribution in [0.15, 0.2) is 41.1 Å². The Kier molecular flexibility index (Phi) is 4.58. The van der Waals surface area contributed by atoms with Crippen LogP contribution in [0.4, 0.5) is 4.79 Å². The number of ether oxygens (including phenoxy) is 1. The van der Waals surface area contributed by atoms with Gasteiger partial charge in [-0.1, -0.05) is 31.2 Å². The van der Waals surface area contributed by atoms with Crippen molar-refractivity contribution in [3.8, 4) is 11.1 Å². The predicted molar refractivity (Wildman–Crippen MR) is 78.6 cm³/mol. The molecule has 0 aliphatic carbocycles. The monoisotopic (exact) mass is 275 g/mol. The standard InChI is InChI=1S/C15H17NO2S/c1-11(9-16-15(17)18-2)12-3-5-13(6-4-12)14-7-8-19-10-14/h3-8,10-11H,9H2,1-2H3,(H,16,17). The molecule has 1 amide bonds. The zero-order chi connectivity index (χ0) is 13.7. The molecule has 1 heterocycles. The first kappa shape index (κ1) is 13.6. The fourth-order valence-corrected chi connectivity index (χ4v) is 2.52. The molecule has 2 rings (SSSR count). The maximum atomic E-state index is 11.0. The van der Waals surface area contributed by atoms with Gasteiger partial charge in [0, 0.05) is 6.54 Å². The first-order chi connectivity index (χ1) is 9.20. The van der Waals surface area contributed by atoms with Gasteiger partial charge in [-0.25, -0.2) is 4.79 Å². The average molecular weight is 275 g/mol. The van der Waals surface area contributed by atoms with Crippen LogP contribution in [0.2, 0.25) is 0 Å². The Morgan fingerprint density at radius 1 is 1.26 bits per heavy atom. The molecule has 2 aromatic rings. The summed E-state index contributed by atoms with van der Waals surface area (Å²) in [6.07, 6.45) is -0.387. The summed E-state index contributed by atoms with van der Waals surface area (Å²) >= 11 is 1.70. The molecule has 0 radical (unpaired) electrons. The minimum atomic E-state index is -0.387. The SMILES string of the molecule is COC(=O)NCC(C)c1ccc(-c2ccsc2)cc1. The van der Waals surface area contributed by atoms with E-state index in [1.807, 2.05) is 0 Å². The molecule has 0 saturated heterocycles. The van der Waals surface area contributed by atoms with Crippen molar-refractivity contribution < 1.29 is 9.53 Å². The number of amides is 1. The number of carbonyl (C=O) groups excluding carboxylic acids is 1. The van der Waals surface area contributed by atoms with E-state index in [-0.39, 0.29) is 12.0 Å². The van der Waals surface area contributed by atoms with Gasteiger partial charge >= 0.3 is 6.09 Å². The fourth-order valence-electron chi connectivity index (χ4n) is 1.86. The Morgan fingerprint density at radius 3 is 2.58 bits per heavy atom. The lowest BCUT2D eigenvalue weighted by Gasteiger charge is -2.13. The quantitative estimate of drug-likeness (QED) is 0.919. The van der Waals surface area contributed by atoms with Crippen LogP contribution in [0.3, 0.4) is 0 Å². The number of carbonyl (C=O) groups is 1. The van der Waals surface area contributed by atoms with Crippen molar-refractivity contribution in [3.05, 3.63) is 46.7 Å². The highest BCUT2D eigenvalue weighted by atomic mass is 32.1. The summed E-state index contributed by atoms with van der Waals surface area (Å²) in [7, 11) is 1.37. The smallest absolute Gasteiger partial charge is 0.406 e. The van der Waals surface area contributed by atoms with E-state index in [1.165, 1.54) is 23.8 Å². The van der Waals surface area contributed by atoms with Crippen molar-refractivity contribution in [1.82, 2.24) is 5.32 Å². The van der Waals surface area contributed by atoms with Gasteiger partial charge in [0.05, 0.1) is 7.11 Å². The van der Waals surface area contributed by atoms with Crippen LogP contribution in [0.25, 0.3) is 11.1 Å². The van der Waals surface area contributed by atoms with E-state index in [2.05, 4.69) is 58.1 Å². The van der Waals surface area contributed by atoms with Gasteiger partial charge in [0.15, 0.2) is 0 Å². The Balaban J connectivity index is 2.00. The van der Waals surface area contributed by atoms with Gasteiger partial charge in [0.1, 0.15) is 0 Å². The Labute approximate surface area is 117 Å². The van der Waals surface area contributed by atoms with Crippen LogP contribution >= 0.6 is 11.3 Å². The number of thiophene rings is 1. The summed E-state index contributed by atoms with van der Waals surface area (Å²) in [6, 6.07) is 10.6. The van der Waals surface area contributed by atoms with Gasteiger partial charge < -0.3 is 10.1 Å². The highest BCUT2D eigenvalue weighted by Crippen LogP contribution is 2.24. The van der Waals surface area contributed by atoms with Gasteiger partial charge in [-0.2, -0.15) is 11.3 Å². The van der Waals surface area contributed by atoms with Crippen LogP contribution < -0.4 is 5.32 Å². The Bertz CT molecular complexity index is 520. The molecule has 1 unspecified atom stereocenters. The minimum absolute atomic E-state index is 0.260. The van der Waals surface area contributed by atoms with Crippen molar-refractivity contribution in [2.75, 3.05) is 13.7 Å². The van der Waals surface area contributed by atoms with Gasteiger partial charge in [-0.3, -0.25) is 0 Å². The van der Waals surface area contributed by atoms with Crippen LogP contribution in [0.5, 0.6) is 0 Å². The molecule has 4 heteroatoms. The van der Waals surface area contributed by atoms with Crippen molar-refractivity contribution in [3.63, 3.8) is 0 Å². The normalized spacial score (nSPS) is 11.9. The van der Waals surface area contributed by atoms with E-state index in [9.17, 15) is 4.79 Å². The molecule has 0 spiro atoms. The number of alkyl carbamates (subject to hydrolysis) is 1. The molecule has 19 heavy (non-hydrogen) atoms. The highest BCUT2D eigenvalue weighted by Gasteiger charge is 2.08. The first-order valence-electron chi connectivity index (χ1n) is 6.15.